The highest BCUT2D eigenvalue weighted by Crippen LogP contribution is 2.30. The summed E-state index contributed by atoms with van der Waals surface area (Å²) in [5.41, 5.74) is 1.07. The van der Waals surface area contributed by atoms with Crippen LogP contribution in [-0.4, -0.2) is 64.1 Å². The number of nitrogens with one attached hydrogen (secondary N) is 1. The quantitative estimate of drug-likeness (QED) is 0.567. The van der Waals surface area contributed by atoms with Crippen LogP contribution in [0.3, 0.4) is 0 Å². The first-order valence-corrected chi connectivity index (χ1v) is 12.8. The first kappa shape index (κ1) is 24.0. The van der Waals surface area contributed by atoms with Crippen LogP contribution in [0.5, 0.6) is 11.5 Å². The zero-order valence-electron chi connectivity index (χ0n) is 18.8. The Balaban J connectivity index is 1.25. The van der Waals surface area contributed by atoms with Crippen LogP contribution in [0.4, 0.5) is 0 Å². The van der Waals surface area contributed by atoms with Gasteiger partial charge >= 0.3 is 5.97 Å². The Morgan fingerprint density at radius 1 is 0.971 bits per heavy atom. The van der Waals surface area contributed by atoms with Gasteiger partial charge in [-0.2, -0.15) is 4.31 Å². The minimum Gasteiger partial charge on any atom is -0.486 e. The molecule has 2 aliphatic rings. The summed E-state index contributed by atoms with van der Waals surface area (Å²) in [5, 5.41) is 2.71. The average molecular weight is 489 g/mol. The second-order valence-electron chi connectivity index (χ2n) is 8.15. The molecule has 2 aromatic rings. The standard InChI is InChI=1S/C24H28N2O7S/c27-23(25-10-9-18-7-8-21-22(15-18)32-14-13-31-21)17-33-24(28)19-5-4-6-20(16-19)34(29,30)26-11-2-1-3-12-26/h4-8,15-16H,1-3,9-14,17H2,(H,25,27). The number of carbonyl (C=O) groups excluding carboxylic acids is 2. The molecule has 2 aromatic carbocycles. The first-order chi connectivity index (χ1) is 16.4. The van der Waals surface area contributed by atoms with Crippen molar-refractivity contribution in [2.45, 2.75) is 30.6 Å². The molecule has 0 spiro atoms. The van der Waals surface area contributed by atoms with Gasteiger partial charge in [-0.05, 0) is 55.2 Å². The van der Waals surface area contributed by atoms with Crippen molar-refractivity contribution < 1.29 is 32.2 Å². The Bertz CT molecular complexity index is 1140. The number of carbonyl (C=O) groups is 2. The van der Waals surface area contributed by atoms with Gasteiger partial charge in [-0.1, -0.05) is 18.6 Å². The van der Waals surface area contributed by atoms with Gasteiger partial charge in [0, 0.05) is 19.6 Å². The molecule has 0 bridgehead atoms. The van der Waals surface area contributed by atoms with E-state index in [-0.39, 0.29) is 10.5 Å². The van der Waals surface area contributed by atoms with Gasteiger partial charge in [-0.15, -0.1) is 0 Å². The molecule has 0 aromatic heterocycles. The smallest absolute Gasteiger partial charge is 0.338 e. The molecular weight excluding hydrogens is 460 g/mol. The highest BCUT2D eigenvalue weighted by molar-refractivity contribution is 7.89. The van der Waals surface area contributed by atoms with Gasteiger partial charge in [-0.3, -0.25) is 4.79 Å². The predicted octanol–water partition coefficient (Wildman–Crippen LogP) is 2.15. The topological polar surface area (TPSA) is 111 Å². The van der Waals surface area contributed by atoms with Crippen LogP contribution in [0.25, 0.3) is 0 Å². The number of rotatable bonds is 8. The normalized spacial score (nSPS) is 16.0. The number of amides is 1. The van der Waals surface area contributed by atoms with Crippen LogP contribution in [-0.2, 0) is 26.0 Å². The number of hydrogen-bond acceptors (Lipinski definition) is 7. The Hall–Kier alpha value is -3.11. The molecule has 0 saturated carbocycles. The number of nitrogens with zero attached hydrogens (tertiary/aromatic N) is 1. The van der Waals surface area contributed by atoms with E-state index in [1.54, 1.807) is 0 Å². The van der Waals surface area contributed by atoms with Crippen molar-refractivity contribution in [3.05, 3.63) is 53.6 Å². The maximum absolute atomic E-state index is 12.8. The Labute approximate surface area is 199 Å². The highest BCUT2D eigenvalue weighted by Gasteiger charge is 2.26. The van der Waals surface area contributed by atoms with E-state index in [2.05, 4.69) is 5.32 Å². The van der Waals surface area contributed by atoms with E-state index in [0.717, 1.165) is 24.8 Å². The van der Waals surface area contributed by atoms with Crippen LogP contribution in [0.15, 0.2) is 47.4 Å². The zero-order valence-corrected chi connectivity index (χ0v) is 19.6. The lowest BCUT2D eigenvalue weighted by Gasteiger charge is -2.25. The van der Waals surface area contributed by atoms with E-state index >= 15 is 0 Å². The van der Waals surface area contributed by atoms with Gasteiger partial charge in [-0.25, -0.2) is 13.2 Å². The first-order valence-electron chi connectivity index (χ1n) is 11.4. The lowest BCUT2D eigenvalue weighted by molar-refractivity contribution is -0.124. The summed E-state index contributed by atoms with van der Waals surface area (Å²) >= 11 is 0. The van der Waals surface area contributed by atoms with E-state index < -0.39 is 28.5 Å². The fourth-order valence-electron chi connectivity index (χ4n) is 3.89. The Kier molecular flexibility index (Phi) is 7.69. The highest BCUT2D eigenvalue weighted by atomic mass is 32.2. The molecule has 0 atom stereocenters. The van der Waals surface area contributed by atoms with Crippen LogP contribution < -0.4 is 14.8 Å². The predicted molar refractivity (Wildman–Crippen MR) is 123 cm³/mol. The molecule has 1 N–H and O–H groups in total. The number of sulfonamides is 1. The minimum atomic E-state index is -3.66. The molecule has 2 aliphatic heterocycles. The van der Waals surface area contributed by atoms with Gasteiger partial charge in [0.15, 0.2) is 18.1 Å². The molecule has 34 heavy (non-hydrogen) atoms. The molecule has 2 heterocycles. The van der Waals surface area contributed by atoms with Crippen LogP contribution in [0, 0.1) is 0 Å². The largest absolute Gasteiger partial charge is 0.486 e. The third-order valence-corrected chi connectivity index (χ3v) is 7.59. The molecule has 1 fully saturated rings. The van der Waals surface area contributed by atoms with Gasteiger partial charge in [0.2, 0.25) is 10.0 Å². The molecule has 1 saturated heterocycles. The molecule has 10 heteroatoms. The van der Waals surface area contributed by atoms with E-state index in [1.807, 2.05) is 18.2 Å². The van der Waals surface area contributed by atoms with Gasteiger partial charge in [0.1, 0.15) is 13.2 Å². The molecule has 0 radical (unpaired) electrons. The fourth-order valence-corrected chi connectivity index (χ4v) is 5.46. The van der Waals surface area contributed by atoms with E-state index in [9.17, 15) is 18.0 Å². The Morgan fingerprint density at radius 2 is 1.74 bits per heavy atom. The van der Waals surface area contributed by atoms with Gasteiger partial charge in [0.05, 0.1) is 10.5 Å². The zero-order chi connectivity index (χ0) is 24.0. The second kappa shape index (κ2) is 10.9. The SMILES string of the molecule is O=C(COC(=O)c1cccc(S(=O)(=O)N2CCCCC2)c1)NCCc1ccc2c(c1)OCCO2. The number of hydrogen-bond donors (Lipinski definition) is 1. The number of fused-ring (bicyclic) bond motifs is 1. The molecule has 0 aliphatic carbocycles. The minimum absolute atomic E-state index is 0.0488. The third-order valence-electron chi connectivity index (χ3n) is 5.70. The lowest BCUT2D eigenvalue weighted by Crippen LogP contribution is -2.35. The van der Waals surface area contributed by atoms with Crippen LogP contribution >= 0.6 is 0 Å². The van der Waals surface area contributed by atoms with Crippen molar-refractivity contribution in [2.75, 3.05) is 39.5 Å². The van der Waals surface area contributed by atoms with Crippen molar-refractivity contribution in [3.8, 4) is 11.5 Å². The second-order valence-corrected chi connectivity index (χ2v) is 10.1. The summed E-state index contributed by atoms with van der Waals surface area (Å²) in [7, 11) is -3.66. The monoisotopic (exact) mass is 488 g/mol. The molecular formula is C24H28N2O7S. The maximum atomic E-state index is 12.8. The van der Waals surface area contributed by atoms with Gasteiger partial charge in [0.25, 0.3) is 5.91 Å². The number of piperidine rings is 1. The Morgan fingerprint density at radius 3 is 2.53 bits per heavy atom. The van der Waals surface area contributed by atoms with E-state index in [1.165, 1.54) is 28.6 Å². The summed E-state index contributed by atoms with van der Waals surface area (Å²) in [6, 6.07) is 11.4. The molecule has 9 nitrogen and oxygen atoms in total. The van der Waals surface area contributed by atoms with Crippen molar-refractivity contribution in [2.24, 2.45) is 0 Å². The van der Waals surface area contributed by atoms with Crippen molar-refractivity contribution >= 4 is 21.9 Å². The van der Waals surface area contributed by atoms with Gasteiger partial charge < -0.3 is 19.5 Å². The molecule has 0 unspecified atom stereocenters. The summed E-state index contributed by atoms with van der Waals surface area (Å²) in [5.74, 6) is 0.202. The number of benzene rings is 2. The van der Waals surface area contributed by atoms with Crippen molar-refractivity contribution in [1.82, 2.24) is 9.62 Å². The molecule has 1 amide bonds. The third kappa shape index (κ3) is 5.87. The summed E-state index contributed by atoms with van der Waals surface area (Å²) in [6.45, 7) is 1.89. The summed E-state index contributed by atoms with van der Waals surface area (Å²) in [6.07, 6.45) is 3.24. The van der Waals surface area contributed by atoms with E-state index in [0.29, 0.717) is 50.8 Å². The average Bonchev–Trinajstić information content (AvgIpc) is 2.88. The maximum Gasteiger partial charge on any atom is 0.338 e. The molecule has 4 rings (SSSR count). The van der Waals surface area contributed by atoms with Crippen LogP contribution in [0.1, 0.15) is 35.2 Å². The van der Waals surface area contributed by atoms with Crippen LogP contribution in [0.2, 0.25) is 0 Å². The number of esters is 1. The van der Waals surface area contributed by atoms with E-state index in [4.69, 9.17) is 14.2 Å². The number of ether oxygens (including phenoxy) is 3. The summed E-state index contributed by atoms with van der Waals surface area (Å²) < 4.78 is 43.2. The van der Waals surface area contributed by atoms with Crippen molar-refractivity contribution in [3.63, 3.8) is 0 Å². The molecule has 182 valence electrons. The summed E-state index contributed by atoms with van der Waals surface area (Å²) in [4.78, 5) is 24.5. The van der Waals surface area contributed by atoms with Crippen molar-refractivity contribution in [1.29, 1.82) is 0 Å². The lowest BCUT2D eigenvalue weighted by atomic mass is 10.1. The fraction of sp³-hybridized carbons (Fsp3) is 0.417.